The second-order valence-electron chi connectivity index (χ2n) is 6.23. The minimum atomic E-state index is -4.73. The van der Waals surface area contributed by atoms with E-state index >= 15 is 0 Å². The summed E-state index contributed by atoms with van der Waals surface area (Å²) in [6.07, 6.45) is -4.27. The second kappa shape index (κ2) is 8.93. The van der Waals surface area contributed by atoms with Gasteiger partial charge in [-0.2, -0.15) is 13.2 Å². The molecule has 0 radical (unpaired) electrons. The molecule has 2 amide bonds. The molecule has 0 bridgehead atoms. The average molecular weight is 411 g/mol. The van der Waals surface area contributed by atoms with Crippen LogP contribution in [0.2, 0.25) is 5.02 Å². The first-order valence-corrected chi connectivity index (χ1v) is 8.71. The molecule has 0 aliphatic heterocycles. The molecule has 0 saturated carbocycles. The molecule has 0 heterocycles. The first-order chi connectivity index (χ1) is 13.1. The fourth-order valence-electron chi connectivity index (χ4n) is 2.40. The van der Waals surface area contributed by atoms with Crippen LogP contribution in [0.15, 0.2) is 54.6 Å². The van der Waals surface area contributed by atoms with E-state index in [1.807, 2.05) is 0 Å². The number of allylic oxidation sites excluding steroid dienone is 1. The van der Waals surface area contributed by atoms with Gasteiger partial charge in [0.1, 0.15) is 0 Å². The van der Waals surface area contributed by atoms with E-state index in [0.29, 0.717) is 6.08 Å². The molecule has 4 nitrogen and oxygen atoms in total. The zero-order valence-electron chi connectivity index (χ0n) is 15.1. The summed E-state index contributed by atoms with van der Waals surface area (Å²) in [5.41, 5.74) is -1.13. The van der Waals surface area contributed by atoms with Crippen LogP contribution in [0.25, 0.3) is 5.57 Å². The summed E-state index contributed by atoms with van der Waals surface area (Å²) in [5.74, 6) is -1.51. The van der Waals surface area contributed by atoms with Gasteiger partial charge < -0.3 is 10.6 Å². The van der Waals surface area contributed by atoms with Crippen LogP contribution in [-0.2, 0) is 4.79 Å². The number of benzene rings is 2. The Hall–Kier alpha value is -2.80. The number of nitrogens with one attached hydrogen (secondary N) is 2. The third-order valence-electron chi connectivity index (χ3n) is 3.57. The number of hydrogen-bond donors (Lipinski definition) is 2. The Morgan fingerprint density at radius 2 is 1.71 bits per heavy atom. The molecular formula is C20H18ClF3N2O2. The molecule has 0 aromatic heterocycles. The normalized spacial score (nSPS) is 12.0. The number of carbonyl (C=O) groups is 2. The van der Waals surface area contributed by atoms with E-state index in [1.165, 1.54) is 42.5 Å². The van der Waals surface area contributed by atoms with Crippen LogP contribution < -0.4 is 10.6 Å². The number of hydrogen-bond acceptors (Lipinski definition) is 2. The van der Waals surface area contributed by atoms with E-state index < -0.39 is 23.6 Å². The van der Waals surface area contributed by atoms with Crippen LogP contribution in [0.5, 0.6) is 0 Å². The van der Waals surface area contributed by atoms with Gasteiger partial charge in [0.2, 0.25) is 5.91 Å². The fraction of sp³-hybridized carbons (Fsp3) is 0.200. The standard InChI is InChI=1S/C20H18ClF3N2O2/c1-12(2)25-19(28)15-9-8-14(21)10-17(15)26-18(27)11-16(20(22,23)24)13-6-4-3-5-7-13/h3-12H,1-2H3,(H,25,28)(H,26,27)/b16-11-. The third kappa shape index (κ3) is 5.85. The Bertz CT molecular complexity index is 894. The van der Waals surface area contributed by atoms with Crippen molar-refractivity contribution in [1.82, 2.24) is 5.32 Å². The van der Waals surface area contributed by atoms with Gasteiger partial charge in [-0.3, -0.25) is 9.59 Å². The van der Waals surface area contributed by atoms with E-state index in [2.05, 4.69) is 10.6 Å². The van der Waals surface area contributed by atoms with Gasteiger partial charge in [0.15, 0.2) is 0 Å². The van der Waals surface area contributed by atoms with Crippen LogP contribution in [0.4, 0.5) is 18.9 Å². The van der Waals surface area contributed by atoms with Gasteiger partial charge in [-0.05, 0) is 37.6 Å². The lowest BCUT2D eigenvalue weighted by Gasteiger charge is -2.14. The highest BCUT2D eigenvalue weighted by molar-refractivity contribution is 6.31. The molecule has 2 N–H and O–H groups in total. The van der Waals surface area contributed by atoms with Gasteiger partial charge in [-0.15, -0.1) is 0 Å². The maximum Gasteiger partial charge on any atom is 0.417 e. The molecule has 8 heteroatoms. The van der Waals surface area contributed by atoms with Gasteiger partial charge in [0.05, 0.1) is 16.8 Å². The molecule has 2 rings (SSSR count). The van der Waals surface area contributed by atoms with Crippen LogP contribution in [0.1, 0.15) is 29.8 Å². The fourth-order valence-corrected chi connectivity index (χ4v) is 2.58. The summed E-state index contributed by atoms with van der Waals surface area (Å²) in [6.45, 7) is 3.51. The molecule has 0 spiro atoms. The molecule has 28 heavy (non-hydrogen) atoms. The molecule has 0 saturated heterocycles. The van der Waals surface area contributed by atoms with E-state index in [4.69, 9.17) is 11.6 Å². The third-order valence-corrected chi connectivity index (χ3v) is 3.80. The highest BCUT2D eigenvalue weighted by atomic mass is 35.5. The second-order valence-corrected chi connectivity index (χ2v) is 6.67. The minimum Gasteiger partial charge on any atom is -0.350 e. The summed E-state index contributed by atoms with van der Waals surface area (Å²) < 4.78 is 40.2. The molecule has 0 fully saturated rings. The Morgan fingerprint density at radius 3 is 2.29 bits per heavy atom. The molecule has 2 aromatic carbocycles. The van der Waals surface area contributed by atoms with Crippen LogP contribution in [-0.4, -0.2) is 24.0 Å². The molecule has 0 aliphatic carbocycles. The Balaban J connectivity index is 2.37. The van der Waals surface area contributed by atoms with Crippen molar-refractivity contribution in [1.29, 1.82) is 0 Å². The first kappa shape index (κ1) is 21.5. The lowest BCUT2D eigenvalue weighted by atomic mass is 10.0. The van der Waals surface area contributed by atoms with E-state index in [9.17, 15) is 22.8 Å². The highest BCUT2D eigenvalue weighted by Crippen LogP contribution is 2.33. The number of halogens is 4. The molecular weight excluding hydrogens is 393 g/mol. The summed E-state index contributed by atoms with van der Waals surface area (Å²) in [4.78, 5) is 24.6. The smallest absolute Gasteiger partial charge is 0.350 e. The zero-order valence-corrected chi connectivity index (χ0v) is 15.9. The van der Waals surface area contributed by atoms with E-state index in [1.54, 1.807) is 19.9 Å². The lowest BCUT2D eigenvalue weighted by Crippen LogP contribution is -2.31. The number of amides is 2. The number of anilines is 1. The summed E-state index contributed by atoms with van der Waals surface area (Å²) in [6, 6.07) is 11.0. The van der Waals surface area contributed by atoms with Crippen molar-refractivity contribution in [3.05, 3.63) is 70.8 Å². The quantitative estimate of drug-likeness (QED) is 0.677. The predicted octanol–water partition coefficient (Wildman–Crippen LogP) is 5.06. The maximum atomic E-state index is 13.4. The van der Waals surface area contributed by atoms with Crippen molar-refractivity contribution in [2.24, 2.45) is 0 Å². The monoisotopic (exact) mass is 410 g/mol. The summed E-state index contributed by atoms with van der Waals surface area (Å²) in [7, 11) is 0. The first-order valence-electron chi connectivity index (χ1n) is 8.33. The lowest BCUT2D eigenvalue weighted by molar-refractivity contribution is -0.112. The Labute approximate surface area is 165 Å². The van der Waals surface area contributed by atoms with E-state index in [0.717, 1.165) is 0 Å². The Kier molecular flexibility index (Phi) is 6.85. The SMILES string of the molecule is CC(C)NC(=O)c1ccc(Cl)cc1NC(=O)/C=C(/c1ccccc1)C(F)(F)F. The average Bonchev–Trinajstić information content (AvgIpc) is 2.59. The molecule has 0 atom stereocenters. The van der Waals surface area contributed by atoms with Crippen LogP contribution >= 0.6 is 11.6 Å². The van der Waals surface area contributed by atoms with Crippen molar-refractivity contribution in [2.75, 3.05) is 5.32 Å². The van der Waals surface area contributed by atoms with Gasteiger partial charge >= 0.3 is 6.18 Å². The van der Waals surface area contributed by atoms with Crippen molar-refractivity contribution < 1.29 is 22.8 Å². The molecule has 2 aromatic rings. The van der Waals surface area contributed by atoms with Crippen LogP contribution in [0.3, 0.4) is 0 Å². The number of rotatable bonds is 5. The maximum absolute atomic E-state index is 13.4. The van der Waals surface area contributed by atoms with Crippen molar-refractivity contribution in [3.8, 4) is 0 Å². The largest absolute Gasteiger partial charge is 0.417 e. The molecule has 148 valence electrons. The molecule has 0 aliphatic rings. The number of alkyl halides is 3. The highest BCUT2D eigenvalue weighted by Gasteiger charge is 2.35. The van der Waals surface area contributed by atoms with Gasteiger partial charge in [-0.25, -0.2) is 0 Å². The van der Waals surface area contributed by atoms with E-state index in [-0.39, 0.29) is 27.9 Å². The van der Waals surface area contributed by atoms with Crippen molar-refractivity contribution >= 4 is 34.7 Å². The van der Waals surface area contributed by atoms with Gasteiger partial charge in [0.25, 0.3) is 5.91 Å². The van der Waals surface area contributed by atoms with Crippen molar-refractivity contribution in [2.45, 2.75) is 26.1 Å². The zero-order chi connectivity index (χ0) is 20.9. The van der Waals surface area contributed by atoms with Gasteiger partial charge in [0, 0.05) is 17.1 Å². The topological polar surface area (TPSA) is 58.2 Å². The van der Waals surface area contributed by atoms with Crippen molar-refractivity contribution in [3.63, 3.8) is 0 Å². The summed E-state index contributed by atoms with van der Waals surface area (Å²) >= 11 is 5.91. The van der Waals surface area contributed by atoms with Crippen LogP contribution in [0, 0.1) is 0 Å². The number of carbonyl (C=O) groups excluding carboxylic acids is 2. The Morgan fingerprint density at radius 1 is 1.07 bits per heavy atom. The summed E-state index contributed by atoms with van der Waals surface area (Å²) in [5, 5.41) is 5.19. The minimum absolute atomic E-state index is 0.0153. The predicted molar refractivity (Wildman–Crippen MR) is 103 cm³/mol. The molecule has 0 unspecified atom stereocenters. The van der Waals surface area contributed by atoms with Gasteiger partial charge in [-0.1, -0.05) is 41.9 Å².